The summed E-state index contributed by atoms with van der Waals surface area (Å²) in [7, 11) is 1.53. The van der Waals surface area contributed by atoms with Gasteiger partial charge in [0.05, 0.1) is 10.6 Å². The molecule has 0 atom stereocenters. The molecule has 10 heteroatoms. The first-order chi connectivity index (χ1) is 19.1. The van der Waals surface area contributed by atoms with E-state index in [-0.39, 0.29) is 5.91 Å². The highest BCUT2D eigenvalue weighted by atomic mass is 32.2. The maximum Gasteiger partial charge on any atom is 0.257 e. The summed E-state index contributed by atoms with van der Waals surface area (Å²) in [5.41, 5.74) is 4.06. The van der Waals surface area contributed by atoms with Crippen molar-refractivity contribution >= 4 is 46.3 Å². The van der Waals surface area contributed by atoms with Crippen molar-refractivity contribution in [3.63, 3.8) is 0 Å². The number of piperidine rings is 1. The predicted octanol–water partition coefficient (Wildman–Crippen LogP) is 4.30. The van der Waals surface area contributed by atoms with Crippen LogP contribution in [-0.4, -0.2) is 53.2 Å². The van der Waals surface area contributed by atoms with Crippen molar-refractivity contribution in [1.82, 2.24) is 25.6 Å². The normalized spacial score (nSPS) is 14.5. The van der Waals surface area contributed by atoms with Gasteiger partial charge in [-0.25, -0.2) is 9.97 Å². The Kier molecular flexibility index (Phi) is 8.65. The molecule has 1 saturated heterocycles. The molecule has 4 heterocycles. The van der Waals surface area contributed by atoms with Gasteiger partial charge in [-0.05, 0) is 73.0 Å². The Labute approximate surface area is 231 Å². The topological polar surface area (TPSA) is 113 Å². The molecule has 1 aliphatic rings. The van der Waals surface area contributed by atoms with Crippen LogP contribution in [0.1, 0.15) is 24.1 Å². The summed E-state index contributed by atoms with van der Waals surface area (Å²) in [6.07, 6.45) is 7.13. The van der Waals surface area contributed by atoms with Crippen molar-refractivity contribution in [3.8, 4) is 11.5 Å². The fourth-order valence-corrected chi connectivity index (χ4v) is 5.21. The number of carbonyl (C=O) groups excluding carboxylic acids is 2. The van der Waals surface area contributed by atoms with Crippen molar-refractivity contribution in [2.75, 3.05) is 31.6 Å². The Hall–Kier alpha value is -4.02. The second-order valence-corrected chi connectivity index (χ2v) is 10.2. The molecule has 200 valence electrons. The third-order valence-electron chi connectivity index (χ3n) is 6.77. The molecule has 9 nitrogen and oxygen atoms in total. The monoisotopic (exact) mass is 542 g/mol. The summed E-state index contributed by atoms with van der Waals surface area (Å²) in [5.74, 6) is 1.63. The molecule has 0 aliphatic carbocycles. The van der Waals surface area contributed by atoms with Gasteiger partial charge in [-0.15, -0.1) is 0 Å². The Bertz CT molecular complexity index is 1450. The second kappa shape index (κ2) is 12.7. The van der Waals surface area contributed by atoms with E-state index < -0.39 is 0 Å². The van der Waals surface area contributed by atoms with E-state index in [2.05, 4.69) is 36.6 Å². The number of anilines is 1. The number of nitrogens with one attached hydrogen (secondary N) is 2. The minimum atomic E-state index is -0.323. The molecule has 39 heavy (non-hydrogen) atoms. The number of carbonyl (C=O) groups is 2. The van der Waals surface area contributed by atoms with Gasteiger partial charge in [-0.2, -0.15) is 0 Å². The summed E-state index contributed by atoms with van der Waals surface area (Å²) in [4.78, 5) is 39.1. The SMILES string of the molecule is CNC(=O)/C(=C/c1ccnc(N2CCC(CNCc3cccnc3-c3cc4ccccc4o3)CC2)n1)SC=O. The Morgan fingerprint density at radius 3 is 2.77 bits per heavy atom. The van der Waals surface area contributed by atoms with Gasteiger partial charge < -0.3 is 20.0 Å². The highest BCUT2D eigenvalue weighted by molar-refractivity contribution is 8.16. The van der Waals surface area contributed by atoms with Crippen LogP contribution in [0, 0.1) is 5.92 Å². The number of benzene rings is 1. The van der Waals surface area contributed by atoms with Crippen LogP contribution in [0.5, 0.6) is 0 Å². The number of amides is 1. The maximum absolute atomic E-state index is 12.0. The lowest BCUT2D eigenvalue weighted by atomic mass is 9.97. The number of hydrogen-bond donors (Lipinski definition) is 2. The average molecular weight is 543 g/mol. The Morgan fingerprint density at radius 1 is 1.13 bits per heavy atom. The van der Waals surface area contributed by atoms with Crippen molar-refractivity contribution in [3.05, 3.63) is 77.1 Å². The molecule has 0 spiro atoms. The van der Waals surface area contributed by atoms with Crippen molar-refractivity contribution < 1.29 is 14.0 Å². The van der Waals surface area contributed by atoms with E-state index in [1.165, 1.54) is 7.05 Å². The number of hydrogen-bond acceptors (Lipinski definition) is 9. The number of likely N-dealkylation sites (N-methyl/N-ethyl adjacent to an activating group) is 1. The second-order valence-electron chi connectivity index (χ2n) is 9.30. The first-order valence-electron chi connectivity index (χ1n) is 12.9. The summed E-state index contributed by atoms with van der Waals surface area (Å²) < 4.78 is 6.06. The van der Waals surface area contributed by atoms with Gasteiger partial charge in [0.15, 0.2) is 11.4 Å². The molecule has 0 radical (unpaired) electrons. The van der Waals surface area contributed by atoms with Crippen LogP contribution in [0.15, 0.2) is 70.2 Å². The number of furan rings is 1. The minimum absolute atomic E-state index is 0.291. The Balaban J connectivity index is 1.16. The molecule has 3 aromatic heterocycles. The van der Waals surface area contributed by atoms with Crippen LogP contribution in [0.2, 0.25) is 0 Å². The number of rotatable bonds is 10. The van der Waals surface area contributed by atoms with Gasteiger partial charge >= 0.3 is 0 Å². The van der Waals surface area contributed by atoms with Crippen LogP contribution >= 0.6 is 11.8 Å². The van der Waals surface area contributed by atoms with Gasteiger partial charge in [0, 0.05) is 44.5 Å². The van der Waals surface area contributed by atoms with E-state index >= 15 is 0 Å². The van der Waals surface area contributed by atoms with Gasteiger partial charge in [0.1, 0.15) is 11.3 Å². The van der Waals surface area contributed by atoms with Gasteiger partial charge in [-0.1, -0.05) is 24.3 Å². The van der Waals surface area contributed by atoms with E-state index in [0.29, 0.717) is 34.6 Å². The largest absolute Gasteiger partial charge is 0.454 e. The highest BCUT2D eigenvalue weighted by Crippen LogP contribution is 2.29. The summed E-state index contributed by atoms with van der Waals surface area (Å²) in [6, 6.07) is 15.8. The number of thioether (sulfide) groups is 1. The van der Waals surface area contributed by atoms with Crippen LogP contribution in [-0.2, 0) is 16.1 Å². The van der Waals surface area contributed by atoms with Gasteiger partial charge in [0.25, 0.3) is 5.91 Å². The first-order valence-corrected chi connectivity index (χ1v) is 13.8. The van der Waals surface area contributed by atoms with E-state index in [9.17, 15) is 9.59 Å². The average Bonchev–Trinajstić information content (AvgIpc) is 3.42. The van der Waals surface area contributed by atoms with Crippen molar-refractivity contribution in [2.24, 2.45) is 5.92 Å². The number of aromatic nitrogens is 3. The van der Waals surface area contributed by atoms with Crippen molar-refractivity contribution in [1.29, 1.82) is 0 Å². The van der Waals surface area contributed by atoms with E-state index in [0.717, 1.165) is 72.2 Å². The lowest BCUT2D eigenvalue weighted by Crippen LogP contribution is -2.38. The van der Waals surface area contributed by atoms with Crippen LogP contribution in [0.3, 0.4) is 0 Å². The van der Waals surface area contributed by atoms with E-state index in [4.69, 9.17) is 4.42 Å². The molecular formula is C29H30N6O3S. The molecule has 0 unspecified atom stereocenters. The zero-order valence-corrected chi connectivity index (χ0v) is 22.5. The Morgan fingerprint density at radius 2 is 1.97 bits per heavy atom. The summed E-state index contributed by atoms with van der Waals surface area (Å²) >= 11 is 0.830. The first kappa shape index (κ1) is 26.6. The number of pyridine rings is 1. The minimum Gasteiger partial charge on any atom is -0.454 e. The van der Waals surface area contributed by atoms with Crippen LogP contribution in [0.25, 0.3) is 28.5 Å². The highest BCUT2D eigenvalue weighted by Gasteiger charge is 2.21. The lowest BCUT2D eigenvalue weighted by Gasteiger charge is -2.32. The van der Waals surface area contributed by atoms with Crippen molar-refractivity contribution in [2.45, 2.75) is 19.4 Å². The van der Waals surface area contributed by atoms with Crippen LogP contribution < -0.4 is 15.5 Å². The fourth-order valence-electron chi connectivity index (χ4n) is 4.71. The van der Waals surface area contributed by atoms with E-state index in [1.54, 1.807) is 24.5 Å². The third-order valence-corrected chi connectivity index (χ3v) is 7.42. The number of para-hydroxylation sites is 1. The molecule has 0 saturated carbocycles. The number of nitrogens with zero attached hydrogens (tertiary/aromatic N) is 4. The zero-order chi connectivity index (χ0) is 27.0. The maximum atomic E-state index is 12.0. The fraction of sp³-hybridized carbons (Fsp3) is 0.276. The quantitative estimate of drug-likeness (QED) is 0.224. The molecule has 5 rings (SSSR count). The van der Waals surface area contributed by atoms with E-state index in [1.807, 2.05) is 36.4 Å². The third kappa shape index (κ3) is 6.52. The molecule has 2 N–H and O–H groups in total. The molecule has 1 aromatic carbocycles. The molecular weight excluding hydrogens is 512 g/mol. The smallest absolute Gasteiger partial charge is 0.257 e. The predicted molar refractivity (Wildman–Crippen MR) is 155 cm³/mol. The van der Waals surface area contributed by atoms with Gasteiger partial charge in [0.2, 0.25) is 5.95 Å². The van der Waals surface area contributed by atoms with Crippen LogP contribution in [0.4, 0.5) is 5.95 Å². The standard InChI is InChI=1S/C29H30N6O3S/c1-30-28(37)26(39-19-36)16-23-8-12-33-29(34-23)35-13-9-20(10-14-35)17-31-18-22-6-4-11-32-27(22)25-15-21-5-2-3-7-24(21)38-25/h2-8,11-12,15-16,19-20,31H,9-10,13-14,17-18H2,1H3,(H,30,37)/b26-16-. The lowest BCUT2D eigenvalue weighted by molar-refractivity contribution is -0.116. The molecule has 1 fully saturated rings. The number of fused-ring (bicyclic) bond motifs is 1. The summed E-state index contributed by atoms with van der Waals surface area (Å²) in [5, 5.41) is 7.23. The molecule has 0 bridgehead atoms. The molecule has 4 aromatic rings. The zero-order valence-electron chi connectivity index (χ0n) is 21.7. The molecule has 1 amide bonds. The molecule has 1 aliphatic heterocycles. The van der Waals surface area contributed by atoms with Gasteiger partial charge in [-0.3, -0.25) is 14.6 Å². The summed E-state index contributed by atoms with van der Waals surface area (Å²) in [6.45, 7) is 3.32.